The highest BCUT2D eigenvalue weighted by atomic mass is 35.5. The molecule has 0 saturated heterocycles. The summed E-state index contributed by atoms with van der Waals surface area (Å²) in [5.41, 5.74) is -1.15. The summed E-state index contributed by atoms with van der Waals surface area (Å²) in [4.78, 5) is 23.0. The monoisotopic (exact) mass is 366 g/mol. The summed E-state index contributed by atoms with van der Waals surface area (Å²) in [6, 6.07) is 2.14. The molecule has 2 amide bonds. The van der Waals surface area contributed by atoms with Gasteiger partial charge in [0.15, 0.2) is 0 Å². The lowest BCUT2D eigenvalue weighted by Gasteiger charge is -2.12. The summed E-state index contributed by atoms with van der Waals surface area (Å²) in [5.74, 6) is -0.617. The summed E-state index contributed by atoms with van der Waals surface area (Å²) in [7, 11) is 0. The van der Waals surface area contributed by atoms with Crippen LogP contribution < -0.4 is 10.6 Å². The molecule has 0 fully saturated rings. The Morgan fingerprint density at radius 2 is 1.96 bits per heavy atom. The molecule has 1 aromatic carbocycles. The van der Waals surface area contributed by atoms with Crippen molar-refractivity contribution in [3.05, 3.63) is 28.8 Å². The van der Waals surface area contributed by atoms with E-state index in [0.29, 0.717) is 6.07 Å². The Kier molecular flexibility index (Phi) is 7.84. The zero-order valence-corrected chi connectivity index (χ0v) is 13.8. The van der Waals surface area contributed by atoms with Crippen LogP contribution in [0.15, 0.2) is 18.2 Å². The van der Waals surface area contributed by atoms with Gasteiger partial charge in [-0.2, -0.15) is 13.2 Å². The predicted molar refractivity (Wildman–Crippen MR) is 84.0 cm³/mol. The van der Waals surface area contributed by atoms with E-state index in [1.54, 1.807) is 0 Å². The Morgan fingerprint density at radius 3 is 2.58 bits per heavy atom. The molecule has 1 rings (SSSR count). The van der Waals surface area contributed by atoms with Crippen LogP contribution in [0.4, 0.5) is 23.7 Å². The van der Waals surface area contributed by atoms with Crippen molar-refractivity contribution in [3.63, 3.8) is 0 Å². The second-order valence-electron chi connectivity index (χ2n) is 4.93. The minimum atomic E-state index is -4.63. The van der Waals surface area contributed by atoms with Crippen LogP contribution in [0.1, 0.15) is 31.7 Å². The third kappa shape index (κ3) is 7.08. The van der Waals surface area contributed by atoms with Crippen LogP contribution in [0, 0.1) is 0 Å². The Labute approximate surface area is 142 Å². The number of urea groups is 1. The molecule has 0 unspecified atom stereocenters. The lowest BCUT2D eigenvalue weighted by molar-refractivity contribution is -0.142. The third-order valence-electron chi connectivity index (χ3n) is 2.93. The number of anilines is 1. The van der Waals surface area contributed by atoms with E-state index in [-0.39, 0.29) is 18.8 Å². The van der Waals surface area contributed by atoms with Gasteiger partial charge in [0.1, 0.15) is 6.54 Å². The number of rotatable bonds is 7. The Bertz CT molecular complexity index is 580. The quantitative estimate of drug-likeness (QED) is 0.561. The Morgan fingerprint density at radius 1 is 1.25 bits per heavy atom. The van der Waals surface area contributed by atoms with Gasteiger partial charge in [-0.3, -0.25) is 4.79 Å². The molecule has 134 valence electrons. The van der Waals surface area contributed by atoms with E-state index >= 15 is 0 Å². The summed E-state index contributed by atoms with van der Waals surface area (Å²) < 4.78 is 43.0. The molecule has 0 saturated carbocycles. The van der Waals surface area contributed by atoms with Crippen molar-refractivity contribution in [1.82, 2.24) is 5.32 Å². The van der Waals surface area contributed by atoms with Crippen LogP contribution in [-0.4, -0.2) is 25.2 Å². The molecule has 0 aliphatic rings. The number of benzene rings is 1. The molecule has 24 heavy (non-hydrogen) atoms. The summed E-state index contributed by atoms with van der Waals surface area (Å²) in [6.07, 6.45) is -1.98. The van der Waals surface area contributed by atoms with E-state index in [4.69, 9.17) is 16.3 Å². The first-order valence-corrected chi connectivity index (χ1v) is 7.69. The maximum absolute atomic E-state index is 12.7. The van der Waals surface area contributed by atoms with Gasteiger partial charge in [0.25, 0.3) is 0 Å². The second-order valence-corrected chi connectivity index (χ2v) is 5.33. The standard InChI is InChI=1S/C15H18ClF3N2O3/c1-2-3-4-7-24-13(22)9-20-14(23)21-10-5-6-12(16)11(8-10)15(17,18)19/h5-6,8H,2-4,7,9H2,1H3,(H2,20,21,23). The van der Waals surface area contributed by atoms with Crippen molar-refractivity contribution in [1.29, 1.82) is 0 Å². The number of carbonyl (C=O) groups is 2. The van der Waals surface area contributed by atoms with Crippen LogP contribution in [-0.2, 0) is 15.7 Å². The number of alkyl halides is 3. The van der Waals surface area contributed by atoms with Crippen molar-refractivity contribution in [2.75, 3.05) is 18.5 Å². The Balaban J connectivity index is 2.47. The Hall–Kier alpha value is -1.96. The lowest BCUT2D eigenvalue weighted by atomic mass is 10.2. The summed E-state index contributed by atoms with van der Waals surface area (Å²) in [6.45, 7) is 1.90. The van der Waals surface area contributed by atoms with Gasteiger partial charge in [-0.05, 0) is 24.6 Å². The molecule has 0 spiro atoms. The van der Waals surface area contributed by atoms with Crippen molar-refractivity contribution in [3.8, 4) is 0 Å². The van der Waals surface area contributed by atoms with Gasteiger partial charge < -0.3 is 15.4 Å². The van der Waals surface area contributed by atoms with E-state index in [2.05, 4.69) is 10.6 Å². The number of nitrogens with one attached hydrogen (secondary N) is 2. The predicted octanol–water partition coefficient (Wildman–Crippen LogP) is 4.21. The van der Waals surface area contributed by atoms with Crippen LogP contribution in [0.3, 0.4) is 0 Å². The normalized spacial score (nSPS) is 11.0. The molecule has 1 aromatic rings. The van der Waals surface area contributed by atoms with Gasteiger partial charge >= 0.3 is 18.2 Å². The first kappa shape index (κ1) is 20.1. The first-order valence-electron chi connectivity index (χ1n) is 7.31. The first-order chi connectivity index (χ1) is 11.2. The number of hydrogen-bond donors (Lipinski definition) is 2. The largest absolute Gasteiger partial charge is 0.464 e. The van der Waals surface area contributed by atoms with Crippen molar-refractivity contribution >= 4 is 29.3 Å². The highest BCUT2D eigenvalue weighted by molar-refractivity contribution is 6.31. The van der Waals surface area contributed by atoms with Crippen molar-refractivity contribution < 1.29 is 27.5 Å². The van der Waals surface area contributed by atoms with Gasteiger partial charge in [-0.25, -0.2) is 4.79 Å². The van der Waals surface area contributed by atoms with Gasteiger partial charge in [0.05, 0.1) is 17.2 Å². The molecule has 9 heteroatoms. The average Bonchev–Trinajstić information content (AvgIpc) is 2.50. The van der Waals surface area contributed by atoms with Crippen LogP contribution in [0.2, 0.25) is 5.02 Å². The fourth-order valence-electron chi connectivity index (χ4n) is 1.74. The summed E-state index contributed by atoms with van der Waals surface area (Å²) in [5, 5.41) is 3.93. The number of esters is 1. The second kappa shape index (κ2) is 9.36. The van der Waals surface area contributed by atoms with E-state index in [1.807, 2.05) is 6.92 Å². The molecule has 0 atom stereocenters. The maximum Gasteiger partial charge on any atom is 0.417 e. The zero-order valence-electron chi connectivity index (χ0n) is 13.0. The number of halogens is 4. The summed E-state index contributed by atoms with van der Waals surface area (Å²) >= 11 is 5.48. The topological polar surface area (TPSA) is 67.4 Å². The number of carbonyl (C=O) groups excluding carboxylic acids is 2. The van der Waals surface area contributed by atoms with Crippen molar-refractivity contribution in [2.45, 2.75) is 32.4 Å². The zero-order chi connectivity index (χ0) is 18.2. The molecule has 0 heterocycles. The molecular weight excluding hydrogens is 349 g/mol. The van der Waals surface area contributed by atoms with Crippen LogP contribution in [0.5, 0.6) is 0 Å². The van der Waals surface area contributed by atoms with Gasteiger partial charge in [0.2, 0.25) is 0 Å². The molecular formula is C15H18ClF3N2O3. The van der Waals surface area contributed by atoms with Gasteiger partial charge in [-0.1, -0.05) is 31.4 Å². The highest BCUT2D eigenvalue weighted by Gasteiger charge is 2.33. The van der Waals surface area contributed by atoms with Crippen LogP contribution in [0.25, 0.3) is 0 Å². The van der Waals surface area contributed by atoms with Gasteiger partial charge in [0, 0.05) is 5.69 Å². The molecule has 0 aliphatic heterocycles. The minimum absolute atomic E-state index is 0.0967. The lowest BCUT2D eigenvalue weighted by Crippen LogP contribution is -2.34. The van der Waals surface area contributed by atoms with E-state index in [9.17, 15) is 22.8 Å². The third-order valence-corrected chi connectivity index (χ3v) is 3.26. The van der Waals surface area contributed by atoms with E-state index in [1.165, 1.54) is 6.07 Å². The maximum atomic E-state index is 12.7. The molecule has 0 bridgehead atoms. The van der Waals surface area contributed by atoms with Crippen molar-refractivity contribution in [2.24, 2.45) is 0 Å². The number of ether oxygens (including phenoxy) is 1. The molecule has 2 N–H and O–H groups in total. The SMILES string of the molecule is CCCCCOC(=O)CNC(=O)Nc1ccc(Cl)c(C(F)(F)F)c1. The number of amides is 2. The minimum Gasteiger partial charge on any atom is -0.464 e. The fraction of sp³-hybridized carbons (Fsp3) is 0.467. The van der Waals surface area contributed by atoms with Gasteiger partial charge in [-0.15, -0.1) is 0 Å². The molecule has 5 nitrogen and oxygen atoms in total. The van der Waals surface area contributed by atoms with E-state index < -0.39 is 28.8 Å². The highest BCUT2D eigenvalue weighted by Crippen LogP contribution is 2.36. The molecule has 0 aromatic heterocycles. The van der Waals surface area contributed by atoms with E-state index in [0.717, 1.165) is 25.3 Å². The smallest absolute Gasteiger partial charge is 0.417 e. The molecule has 0 aliphatic carbocycles. The fourth-order valence-corrected chi connectivity index (χ4v) is 1.96. The van der Waals surface area contributed by atoms with Crippen LogP contribution >= 0.6 is 11.6 Å². The average molecular weight is 367 g/mol. The number of hydrogen-bond acceptors (Lipinski definition) is 3. The number of unbranched alkanes of at least 4 members (excludes halogenated alkanes) is 2. The molecule has 0 radical (unpaired) electrons.